The first-order chi connectivity index (χ1) is 9.81. The Morgan fingerprint density at radius 3 is 2.50 bits per heavy atom. The molecule has 3 nitrogen and oxygen atoms in total. The molecule has 0 amide bonds. The van der Waals surface area contributed by atoms with Crippen LogP contribution in [0.1, 0.15) is 5.56 Å². The molecule has 0 aliphatic carbocycles. The minimum absolute atomic E-state index is 0.0820. The van der Waals surface area contributed by atoms with Crippen molar-refractivity contribution >= 4 is 0 Å². The van der Waals surface area contributed by atoms with Gasteiger partial charge >= 0.3 is 0 Å². The highest BCUT2D eigenvalue weighted by molar-refractivity contribution is 5.40. The molecule has 1 heterocycles. The average Bonchev–Trinajstić information content (AvgIpc) is 2.48. The fourth-order valence-electron chi connectivity index (χ4n) is 2.46. The summed E-state index contributed by atoms with van der Waals surface area (Å²) in [7, 11) is 2.11. The van der Waals surface area contributed by atoms with Gasteiger partial charge in [-0.1, -0.05) is 42.5 Å². The first-order valence-corrected chi connectivity index (χ1v) is 6.92. The molecule has 3 heteroatoms. The predicted molar refractivity (Wildman–Crippen MR) is 79.1 cm³/mol. The first kappa shape index (κ1) is 13.0. The third-order valence-corrected chi connectivity index (χ3v) is 3.38. The molecule has 0 saturated heterocycles. The van der Waals surface area contributed by atoms with Gasteiger partial charge in [-0.05, 0) is 24.7 Å². The average molecular weight is 269 g/mol. The second kappa shape index (κ2) is 5.97. The highest BCUT2D eigenvalue weighted by Gasteiger charge is 2.21. The van der Waals surface area contributed by atoms with E-state index in [1.807, 2.05) is 30.3 Å². The van der Waals surface area contributed by atoms with Gasteiger partial charge in [-0.25, -0.2) is 0 Å². The van der Waals surface area contributed by atoms with Gasteiger partial charge in [-0.15, -0.1) is 0 Å². The molecule has 0 aromatic heterocycles. The van der Waals surface area contributed by atoms with E-state index in [9.17, 15) is 0 Å². The normalized spacial score (nSPS) is 17.2. The van der Waals surface area contributed by atoms with E-state index in [1.165, 1.54) is 5.56 Å². The highest BCUT2D eigenvalue weighted by Crippen LogP contribution is 2.30. The molecule has 0 fully saturated rings. The standard InChI is InChI=1S/C17H19NO2/c1-18(11-14-7-3-2-4-8-14)12-15-13-19-16-9-5-6-10-17(16)20-15/h2-10,15H,11-13H2,1H3/t15-/m0/s1. The van der Waals surface area contributed by atoms with Crippen LogP contribution in [0.4, 0.5) is 0 Å². The zero-order valence-electron chi connectivity index (χ0n) is 11.7. The Morgan fingerprint density at radius 1 is 1.00 bits per heavy atom. The van der Waals surface area contributed by atoms with Crippen LogP contribution in [0.5, 0.6) is 11.5 Å². The Bertz CT molecular complexity index is 556. The highest BCUT2D eigenvalue weighted by atomic mass is 16.6. The van der Waals surface area contributed by atoms with Crippen molar-refractivity contribution in [1.82, 2.24) is 4.90 Å². The van der Waals surface area contributed by atoms with Crippen molar-refractivity contribution in [3.05, 3.63) is 60.2 Å². The molecule has 0 bridgehead atoms. The monoisotopic (exact) mass is 269 g/mol. The lowest BCUT2D eigenvalue weighted by atomic mass is 10.2. The van der Waals surface area contributed by atoms with Crippen molar-refractivity contribution in [3.8, 4) is 11.5 Å². The number of para-hydroxylation sites is 2. The van der Waals surface area contributed by atoms with E-state index in [4.69, 9.17) is 9.47 Å². The van der Waals surface area contributed by atoms with Crippen molar-refractivity contribution in [2.24, 2.45) is 0 Å². The Balaban J connectivity index is 1.57. The Morgan fingerprint density at radius 2 is 1.70 bits per heavy atom. The number of rotatable bonds is 4. The Kier molecular flexibility index (Phi) is 3.88. The second-order valence-corrected chi connectivity index (χ2v) is 5.18. The van der Waals surface area contributed by atoms with Gasteiger partial charge in [0.15, 0.2) is 11.5 Å². The molecule has 20 heavy (non-hydrogen) atoms. The van der Waals surface area contributed by atoms with E-state index in [0.717, 1.165) is 24.6 Å². The summed E-state index contributed by atoms with van der Waals surface area (Å²) in [6.45, 7) is 2.38. The zero-order chi connectivity index (χ0) is 13.8. The van der Waals surface area contributed by atoms with E-state index in [0.29, 0.717) is 6.61 Å². The first-order valence-electron chi connectivity index (χ1n) is 6.92. The van der Waals surface area contributed by atoms with Gasteiger partial charge in [0, 0.05) is 13.1 Å². The Labute approximate surface area is 119 Å². The van der Waals surface area contributed by atoms with Gasteiger partial charge in [0.1, 0.15) is 12.7 Å². The molecule has 2 aromatic rings. The quantitative estimate of drug-likeness (QED) is 0.851. The number of ether oxygens (including phenoxy) is 2. The van der Waals surface area contributed by atoms with Gasteiger partial charge in [0.2, 0.25) is 0 Å². The van der Waals surface area contributed by atoms with Crippen LogP contribution in [0.15, 0.2) is 54.6 Å². The number of hydrogen-bond donors (Lipinski definition) is 0. The predicted octanol–water partition coefficient (Wildman–Crippen LogP) is 2.96. The van der Waals surface area contributed by atoms with Gasteiger partial charge < -0.3 is 9.47 Å². The number of hydrogen-bond acceptors (Lipinski definition) is 3. The number of nitrogens with zero attached hydrogens (tertiary/aromatic N) is 1. The lowest BCUT2D eigenvalue weighted by Crippen LogP contribution is -2.39. The lowest BCUT2D eigenvalue weighted by Gasteiger charge is -2.29. The molecule has 1 atom stereocenters. The van der Waals surface area contributed by atoms with Crippen molar-refractivity contribution < 1.29 is 9.47 Å². The van der Waals surface area contributed by atoms with E-state index >= 15 is 0 Å². The van der Waals surface area contributed by atoms with Crippen LogP contribution < -0.4 is 9.47 Å². The molecule has 0 saturated carbocycles. The Hall–Kier alpha value is -2.00. The third-order valence-electron chi connectivity index (χ3n) is 3.38. The molecule has 0 radical (unpaired) electrons. The zero-order valence-corrected chi connectivity index (χ0v) is 11.7. The van der Waals surface area contributed by atoms with Crippen LogP contribution in [-0.2, 0) is 6.54 Å². The van der Waals surface area contributed by atoms with E-state index in [-0.39, 0.29) is 6.10 Å². The van der Waals surface area contributed by atoms with Crippen LogP contribution in [0.2, 0.25) is 0 Å². The SMILES string of the molecule is CN(Cc1ccccc1)C[C@H]1COc2ccccc2O1. The summed E-state index contributed by atoms with van der Waals surface area (Å²) in [4.78, 5) is 2.26. The fraction of sp³-hybridized carbons (Fsp3) is 0.294. The maximum Gasteiger partial charge on any atom is 0.161 e. The van der Waals surface area contributed by atoms with Crippen molar-refractivity contribution in [2.45, 2.75) is 12.6 Å². The largest absolute Gasteiger partial charge is 0.486 e. The maximum absolute atomic E-state index is 5.97. The van der Waals surface area contributed by atoms with E-state index < -0.39 is 0 Å². The molecule has 1 aliphatic rings. The molecule has 104 valence electrons. The molecule has 3 rings (SSSR count). The second-order valence-electron chi connectivity index (χ2n) is 5.18. The summed E-state index contributed by atoms with van der Waals surface area (Å²) in [6, 6.07) is 18.3. The summed E-state index contributed by atoms with van der Waals surface area (Å²) < 4.78 is 11.7. The van der Waals surface area contributed by atoms with Gasteiger partial charge in [-0.3, -0.25) is 4.90 Å². The summed E-state index contributed by atoms with van der Waals surface area (Å²) in [5.41, 5.74) is 1.31. The molecule has 0 N–H and O–H groups in total. The smallest absolute Gasteiger partial charge is 0.161 e. The number of likely N-dealkylation sites (N-methyl/N-ethyl adjacent to an activating group) is 1. The van der Waals surface area contributed by atoms with Crippen LogP contribution in [0.25, 0.3) is 0 Å². The third kappa shape index (κ3) is 3.11. The molecule has 1 aliphatic heterocycles. The molecule has 0 unspecified atom stereocenters. The van der Waals surface area contributed by atoms with E-state index in [2.05, 4.69) is 36.2 Å². The fourth-order valence-corrected chi connectivity index (χ4v) is 2.46. The van der Waals surface area contributed by atoms with Gasteiger partial charge in [0.05, 0.1) is 0 Å². The van der Waals surface area contributed by atoms with Crippen LogP contribution in [0.3, 0.4) is 0 Å². The summed E-state index contributed by atoms with van der Waals surface area (Å²) in [5, 5.41) is 0. The van der Waals surface area contributed by atoms with Crippen molar-refractivity contribution in [3.63, 3.8) is 0 Å². The maximum atomic E-state index is 5.97. The molecule has 2 aromatic carbocycles. The van der Waals surface area contributed by atoms with Crippen LogP contribution in [0, 0.1) is 0 Å². The topological polar surface area (TPSA) is 21.7 Å². The number of fused-ring (bicyclic) bond motifs is 1. The summed E-state index contributed by atoms with van der Waals surface area (Å²) in [6.07, 6.45) is 0.0820. The molecule has 0 spiro atoms. The van der Waals surface area contributed by atoms with Gasteiger partial charge in [0.25, 0.3) is 0 Å². The number of benzene rings is 2. The summed E-state index contributed by atoms with van der Waals surface area (Å²) >= 11 is 0. The minimum atomic E-state index is 0.0820. The molecular formula is C17H19NO2. The summed E-state index contributed by atoms with van der Waals surface area (Å²) in [5.74, 6) is 1.69. The lowest BCUT2D eigenvalue weighted by molar-refractivity contribution is 0.0638. The van der Waals surface area contributed by atoms with Crippen molar-refractivity contribution in [2.75, 3.05) is 20.2 Å². The van der Waals surface area contributed by atoms with Crippen LogP contribution >= 0.6 is 0 Å². The van der Waals surface area contributed by atoms with E-state index in [1.54, 1.807) is 0 Å². The van der Waals surface area contributed by atoms with Gasteiger partial charge in [-0.2, -0.15) is 0 Å². The minimum Gasteiger partial charge on any atom is -0.486 e. The van der Waals surface area contributed by atoms with Crippen molar-refractivity contribution in [1.29, 1.82) is 0 Å². The molecular weight excluding hydrogens is 250 g/mol. The van der Waals surface area contributed by atoms with Crippen LogP contribution in [-0.4, -0.2) is 31.2 Å².